The van der Waals surface area contributed by atoms with Crippen molar-refractivity contribution in [3.63, 3.8) is 0 Å². The molecule has 0 spiro atoms. The van der Waals surface area contributed by atoms with Gasteiger partial charge < -0.3 is 19.4 Å². The van der Waals surface area contributed by atoms with Crippen molar-refractivity contribution in [1.82, 2.24) is 14.5 Å². The van der Waals surface area contributed by atoms with Crippen molar-refractivity contribution in [2.75, 3.05) is 20.8 Å². The number of halogens is 3. The number of methoxy groups -OCH3 is 1. The van der Waals surface area contributed by atoms with Crippen molar-refractivity contribution in [3.05, 3.63) is 68.7 Å². The summed E-state index contributed by atoms with van der Waals surface area (Å²) in [5.74, 6) is -0.816. The summed E-state index contributed by atoms with van der Waals surface area (Å²) in [4.78, 5) is 29.9. The average Bonchev–Trinajstić information content (AvgIpc) is 2.75. The first kappa shape index (κ1) is 24.5. The Balaban J connectivity index is 1.85. The fourth-order valence-corrected chi connectivity index (χ4v) is 3.65. The van der Waals surface area contributed by atoms with E-state index >= 15 is 0 Å². The molecule has 1 N–H and O–H groups in total. The maximum atomic E-state index is 12.9. The van der Waals surface area contributed by atoms with Crippen LogP contribution in [0.4, 0.5) is 13.2 Å². The van der Waals surface area contributed by atoms with E-state index in [2.05, 4.69) is 9.72 Å². The van der Waals surface area contributed by atoms with E-state index in [0.717, 1.165) is 0 Å². The molecule has 0 aliphatic carbocycles. The molecule has 0 fully saturated rings. The fraction of sp³-hybridized carbons (Fsp3) is 0.318. The van der Waals surface area contributed by atoms with E-state index < -0.39 is 12.3 Å². The predicted octanol–water partition coefficient (Wildman–Crippen LogP) is 4.27. The third-order valence-electron chi connectivity index (χ3n) is 4.91. The zero-order valence-electron chi connectivity index (χ0n) is 17.9. The number of ether oxygens (including phenoxy) is 2. The Kier molecular flexibility index (Phi) is 7.54. The Morgan fingerprint density at radius 3 is 2.64 bits per heavy atom. The second-order valence-electron chi connectivity index (χ2n) is 7.31. The van der Waals surface area contributed by atoms with E-state index in [-0.39, 0.29) is 33.8 Å². The lowest BCUT2D eigenvalue weighted by Crippen LogP contribution is -2.27. The highest BCUT2D eigenvalue weighted by Gasteiger charge is 2.32. The van der Waals surface area contributed by atoms with E-state index in [0.29, 0.717) is 30.5 Å². The van der Waals surface area contributed by atoms with E-state index in [1.165, 1.54) is 52.9 Å². The number of H-pyrrole nitrogens is 1. The van der Waals surface area contributed by atoms with Gasteiger partial charge in [0, 0.05) is 45.0 Å². The molecule has 1 heterocycles. The molecule has 3 aromatic rings. The summed E-state index contributed by atoms with van der Waals surface area (Å²) in [6.45, 7) is 0.761. The lowest BCUT2D eigenvalue weighted by Gasteiger charge is -2.20. The SMILES string of the molecule is COCCCn1c(=S)[nH]c2cc(C(=O)N(C)Cc3ccccc3OC(F)(F)F)ccc2c1=O. The number of benzene rings is 2. The van der Waals surface area contributed by atoms with Gasteiger partial charge in [-0.15, -0.1) is 13.2 Å². The van der Waals surface area contributed by atoms with E-state index in [4.69, 9.17) is 17.0 Å². The van der Waals surface area contributed by atoms with E-state index in [9.17, 15) is 22.8 Å². The zero-order valence-corrected chi connectivity index (χ0v) is 18.8. The minimum atomic E-state index is -4.84. The number of carbonyl (C=O) groups excluding carboxylic acids is 1. The van der Waals surface area contributed by atoms with Crippen LogP contribution in [0.1, 0.15) is 22.3 Å². The van der Waals surface area contributed by atoms with Crippen molar-refractivity contribution >= 4 is 29.0 Å². The highest BCUT2D eigenvalue weighted by Crippen LogP contribution is 2.27. The molecule has 176 valence electrons. The molecule has 0 atom stereocenters. The standard InChI is InChI=1S/C22H22F3N3O4S/c1-27(13-15-6-3-4-7-18(15)32-22(23,24)25)19(29)14-8-9-16-17(12-14)26-21(33)28(20(16)30)10-5-11-31-2/h3-4,6-9,12H,5,10-11,13H2,1-2H3,(H,26,33). The van der Waals surface area contributed by atoms with Crippen LogP contribution in [0.3, 0.4) is 0 Å². The van der Waals surface area contributed by atoms with Crippen LogP contribution in [-0.4, -0.2) is 47.5 Å². The number of rotatable bonds is 8. The molecule has 0 aliphatic heterocycles. The maximum absolute atomic E-state index is 12.9. The topological polar surface area (TPSA) is 76.6 Å². The van der Waals surface area contributed by atoms with E-state index in [1.54, 1.807) is 13.2 Å². The van der Waals surface area contributed by atoms with Crippen molar-refractivity contribution in [2.24, 2.45) is 0 Å². The number of nitrogens with one attached hydrogen (secondary N) is 1. The molecule has 0 radical (unpaired) electrons. The molecule has 0 saturated heterocycles. The first-order valence-electron chi connectivity index (χ1n) is 9.95. The van der Waals surface area contributed by atoms with Gasteiger partial charge in [-0.2, -0.15) is 0 Å². The number of aromatic nitrogens is 2. The van der Waals surface area contributed by atoms with Gasteiger partial charge in [-0.05, 0) is 42.9 Å². The normalized spacial score (nSPS) is 11.5. The van der Waals surface area contributed by atoms with Crippen molar-refractivity contribution in [2.45, 2.75) is 25.9 Å². The first-order chi connectivity index (χ1) is 15.6. The van der Waals surface area contributed by atoms with Crippen molar-refractivity contribution in [3.8, 4) is 5.75 Å². The lowest BCUT2D eigenvalue weighted by molar-refractivity contribution is -0.275. The molecule has 1 aromatic heterocycles. The number of carbonyl (C=O) groups is 1. The Bertz CT molecular complexity index is 1270. The van der Waals surface area contributed by atoms with Crippen LogP contribution >= 0.6 is 12.2 Å². The second-order valence-corrected chi connectivity index (χ2v) is 7.70. The molecule has 0 saturated carbocycles. The summed E-state index contributed by atoms with van der Waals surface area (Å²) in [5.41, 5.74) is 0.565. The molecule has 7 nitrogen and oxygen atoms in total. The lowest BCUT2D eigenvalue weighted by atomic mass is 10.1. The van der Waals surface area contributed by atoms with Crippen LogP contribution in [0.15, 0.2) is 47.3 Å². The van der Waals surface area contributed by atoms with Gasteiger partial charge in [0.1, 0.15) is 5.75 Å². The van der Waals surface area contributed by atoms with Gasteiger partial charge in [0.05, 0.1) is 10.9 Å². The van der Waals surface area contributed by atoms with Gasteiger partial charge in [-0.1, -0.05) is 18.2 Å². The number of amides is 1. The predicted molar refractivity (Wildman–Crippen MR) is 119 cm³/mol. The second kappa shape index (κ2) is 10.2. The van der Waals surface area contributed by atoms with Crippen LogP contribution in [0.25, 0.3) is 10.9 Å². The van der Waals surface area contributed by atoms with Crippen LogP contribution < -0.4 is 10.3 Å². The molecular formula is C22H22F3N3O4S. The number of hydrogen-bond acceptors (Lipinski definition) is 5. The highest BCUT2D eigenvalue weighted by atomic mass is 32.1. The summed E-state index contributed by atoms with van der Waals surface area (Å²) >= 11 is 5.29. The molecule has 0 bridgehead atoms. The minimum Gasteiger partial charge on any atom is -0.405 e. The number of alkyl halides is 3. The average molecular weight is 481 g/mol. The van der Waals surface area contributed by atoms with Crippen LogP contribution in [0.2, 0.25) is 0 Å². The van der Waals surface area contributed by atoms with Gasteiger partial charge in [-0.3, -0.25) is 14.2 Å². The summed E-state index contributed by atoms with van der Waals surface area (Å²) in [5, 5.41) is 0.365. The molecule has 0 unspecified atom stereocenters. The van der Waals surface area contributed by atoms with Gasteiger partial charge in [0.25, 0.3) is 11.5 Å². The van der Waals surface area contributed by atoms with Gasteiger partial charge in [0.15, 0.2) is 4.77 Å². The van der Waals surface area contributed by atoms with Gasteiger partial charge >= 0.3 is 6.36 Å². The summed E-state index contributed by atoms with van der Waals surface area (Å²) in [6.07, 6.45) is -4.23. The highest BCUT2D eigenvalue weighted by molar-refractivity contribution is 7.71. The summed E-state index contributed by atoms with van der Waals surface area (Å²) in [6, 6.07) is 10.1. The molecular weight excluding hydrogens is 459 g/mol. The fourth-order valence-electron chi connectivity index (χ4n) is 3.36. The van der Waals surface area contributed by atoms with Gasteiger partial charge in [0.2, 0.25) is 0 Å². The molecule has 3 rings (SSSR count). The number of aromatic amines is 1. The Labute approximate surface area is 192 Å². The number of fused-ring (bicyclic) bond motifs is 1. The monoisotopic (exact) mass is 481 g/mol. The molecule has 1 amide bonds. The smallest absolute Gasteiger partial charge is 0.405 e. The van der Waals surface area contributed by atoms with Crippen LogP contribution in [0, 0.1) is 4.77 Å². The first-order valence-corrected chi connectivity index (χ1v) is 10.4. The molecule has 11 heteroatoms. The van der Waals surface area contributed by atoms with E-state index in [1.807, 2.05) is 0 Å². The van der Waals surface area contributed by atoms with Crippen LogP contribution in [0.5, 0.6) is 5.75 Å². The zero-order chi connectivity index (χ0) is 24.2. The number of nitrogens with zero attached hydrogens (tertiary/aromatic N) is 2. The van der Waals surface area contributed by atoms with Crippen molar-refractivity contribution < 1.29 is 27.4 Å². The van der Waals surface area contributed by atoms with Crippen molar-refractivity contribution in [1.29, 1.82) is 0 Å². The molecule has 33 heavy (non-hydrogen) atoms. The summed E-state index contributed by atoms with van der Waals surface area (Å²) in [7, 11) is 3.04. The Morgan fingerprint density at radius 1 is 1.21 bits per heavy atom. The quantitative estimate of drug-likeness (QED) is 0.384. The third kappa shape index (κ3) is 5.99. The van der Waals surface area contributed by atoms with Crippen LogP contribution in [-0.2, 0) is 17.8 Å². The maximum Gasteiger partial charge on any atom is 0.573 e. The number of hydrogen-bond donors (Lipinski definition) is 1. The van der Waals surface area contributed by atoms with Gasteiger partial charge in [-0.25, -0.2) is 0 Å². The largest absolute Gasteiger partial charge is 0.573 e. The third-order valence-corrected chi connectivity index (χ3v) is 5.23. The summed E-state index contributed by atoms with van der Waals surface area (Å²) < 4.78 is 48.7. The number of para-hydroxylation sites is 1. The minimum absolute atomic E-state index is 0.111. The Hall–Kier alpha value is -3.18. The Morgan fingerprint density at radius 2 is 1.94 bits per heavy atom. The molecule has 2 aromatic carbocycles. The molecule has 0 aliphatic rings.